The van der Waals surface area contributed by atoms with E-state index in [0.717, 1.165) is 6.07 Å². The normalized spacial score (nSPS) is 11.2. The molecule has 0 bridgehead atoms. The average Bonchev–Trinajstić information content (AvgIpc) is 2.20. The first-order valence-electron chi connectivity index (χ1n) is 4.84. The molecule has 0 fully saturated rings. The topological polar surface area (TPSA) is 89.3 Å². The van der Waals surface area contributed by atoms with E-state index in [4.69, 9.17) is 5.14 Å². The second-order valence-electron chi connectivity index (χ2n) is 3.59. The summed E-state index contributed by atoms with van der Waals surface area (Å²) in [4.78, 5) is 11.5. The molecule has 1 rings (SSSR count). The summed E-state index contributed by atoms with van der Waals surface area (Å²) in [7, 11) is -3.61. The van der Waals surface area contributed by atoms with Crippen molar-refractivity contribution in [2.45, 2.75) is 6.92 Å². The van der Waals surface area contributed by atoms with Gasteiger partial charge in [0.05, 0.1) is 5.75 Å². The maximum atomic E-state index is 13.2. The zero-order valence-corrected chi connectivity index (χ0v) is 10.1. The first-order valence-corrected chi connectivity index (χ1v) is 6.56. The molecule has 0 unspecified atom stereocenters. The summed E-state index contributed by atoms with van der Waals surface area (Å²) in [6.45, 7) is 1.48. The van der Waals surface area contributed by atoms with Gasteiger partial charge < -0.3 is 5.32 Å². The van der Waals surface area contributed by atoms with Crippen LogP contribution in [0.5, 0.6) is 0 Å². The van der Waals surface area contributed by atoms with E-state index >= 15 is 0 Å². The molecule has 0 aliphatic rings. The lowest BCUT2D eigenvalue weighted by atomic mass is 10.1. The maximum Gasteiger partial charge on any atom is 0.251 e. The van der Waals surface area contributed by atoms with Crippen molar-refractivity contribution in [1.82, 2.24) is 5.32 Å². The van der Waals surface area contributed by atoms with Crippen LogP contribution >= 0.6 is 0 Å². The second kappa shape index (κ2) is 5.24. The number of carbonyl (C=O) groups is 1. The molecule has 0 saturated carbocycles. The molecule has 7 heteroatoms. The molecule has 0 radical (unpaired) electrons. The van der Waals surface area contributed by atoms with Crippen LogP contribution in [0.4, 0.5) is 4.39 Å². The highest BCUT2D eigenvalue weighted by Crippen LogP contribution is 2.08. The summed E-state index contributed by atoms with van der Waals surface area (Å²) in [6.07, 6.45) is 0. The van der Waals surface area contributed by atoms with Crippen LogP contribution in [0.3, 0.4) is 0 Å². The van der Waals surface area contributed by atoms with Crippen molar-refractivity contribution >= 4 is 15.9 Å². The minimum absolute atomic E-state index is 0.104. The van der Waals surface area contributed by atoms with Gasteiger partial charge in [0.15, 0.2) is 0 Å². The molecule has 0 atom stereocenters. The first kappa shape index (κ1) is 13.6. The average molecular weight is 260 g/mol. The number of sulfonamides is 1. The quantitative estimate of drug-likeness (QED) is 0.807. The molecule has 1 aromatic rings. The third-order valence-corrected chi connectivity index (χ3v) is 2.88. The molecular formula is C10H13FN2O3S. The molecule has 3 N–H and O–H groups in total. The molecule has 17 heavy (non-hydrogen) atoms. The Balaban J connectivity index is 2.61. The number of nitrogens with one attached hydrogen (secondary N) is 1. The highest BCUT2D eigenvalue weighted by atomic mass is 32.2. The van der Waals surface area contributed by atoms with Gasteiger partial charge in [0.2, 0.25) is 10.0 Å². The number of hydrogen-bond donors (Lipinski definition) is 2. The Bertz CT molecular complexity index is 528. The van der Waals surface area contributed by atoms with Gasteiger partial charge in [-0.05, 0) is 24.6 Å². The SMILES string of the molecule is Cc1ccc(C(=O)NCCS(N)(=O)=O)cc1F. The summed E-state index contributed by atoms with van der Waals surface area (Å²) in [6, 6.07) is 4.04. The van der Waals surface area contributed by atoms with Crippen LogP contribution in [0.1, 0.15) is 15.9 Å². The molecule has 0 aromatic heterocycles. The Morgan fingerprint density at radius 3 is 2.65 bits per heavy atom. The zero-order chi connectivity index (χ0) is 13.1. The van der Waals surface area contributed by atoms with E-state index in [1.807, 2.05) is 0 Å². The van der Waals surface area contributed by atoms with Crippen LogP contribution in [-0.2, 0) is 10.0 Å². The van der Waals surface area contributed by atoms with Crippen molar-refractivity contribution in [3.05, 3.63) is 35.1 Å². The molecule has 0 aliphatic carbocycles. The fourth-order valence-corrected chi connectivity index (χ4v) is 1.53. The minimum atomic E-state index is -3.61. The lowest BCUT2D eigenvalue weighted by Crippen LogP contribution is -2.31. The minimum Gasteiger partial charge on any atom is -0.351 e. The molecule has 1 amide bonds. The van der Waals surface area contributed by atoms with Crippen LogP contribution in [-0.4, -0.2) is 26.6 Å². The van der Waals surface area contributed by atoms with Gasteiger partial charge in [-0.15, -0.1) is 0 Å². The van der Waals surface area contributed by atoms with E-state index in [0.29, 0.717) is 5.56 Å². The molecule has 1 aromatic carbocycles. The highest BCUT2D eigenvalue weighted by Gasteiger charge is 2.09. The smallest absolute Gasteiger partial charge is 0.251 e. The van der Waals surface area contributed by atoms with Crippen molar-refractivity contribution in [2.24, 2.45) is 5.14 Å². The largest absolute Gasteiger partial charge is 0.351 e. The summed E-state index contributed by atoms with van der Waals surface area (Å²) in [5, 5.41) is 7.10. The van der Waals surface area contributed by atoms with Crippen LogP contribution in [0.25, 0.3) is 0 Å². The predicted octanol–water partition coefficient (Wildman–Crippen LogP) is 0.152. The summed E-state index contributed by atoms with van der Waals surface area (Å²) >= 11 is 0. The highest BCUT2D eigenvalue weighted by molar-refractivity contribution is 7.89. The Kier molecular flexibility index (Phi) is 4.19. The Morgan fingerprint density at radius 1 is 1.47 bits per heavy atom. The molecule has 0 saturated heterocycles. The molecule has 0 heterocycles. The van der Waals surface area contributed by atoms with Crippen LogP contribution in [0, 0.1) is 12.7 Å². The maximum absolute atomic E-state index is 13.2. The van der Waals surface area contributed by atoms with Gasteiger partial charge in [-0.1, -0.05) is 6.07 Å². The molecule has 94 valence electrons. The number of benzene rings is 1. The van der Waals surface area contributed by atoms with Crippen molar-refractivity contribution in [3.8, 4) is 0 Å². The number of rotatable bonds is 4. The van der Waals surface area contributed by atoms with Gasteiger partial charge in [0.25, 0.3) is 5.91 Å². The Morgan fingerprint density at radius 2 is 2.12 bits per heavy atom. The third kappa shape index (κ3) is 4.49. The van der Waals surface area contributed by atoms with Gasteiger partial charge in [-0.3, -0.25) is 4.79 Å². The first-order chi connectivity index (χ1) is 7.79. The van der Waals surface area contributed by atoms with E-state index in [1.165, 1.54) is 12.1 Å². The van der Waals surface area contributed by atoms with Gasteiger partial charge in [-0.2, -0.15) is 0 Å². The standard InChI is InChI=1S/C10H13FN2O3S/c1-7-2-3-8(6-9(7)11)10(14)13-4-5-17(12,15)16/h2-3,6H,4-5H2,1H3,(H,13,14)(H2,12,15,16). The summed E-state index contributed by atoms with van der Waals surface area (Å²) in [5.41, 5.74) is 0.577. The van der Waals surface area contributed by atoms with Crippen molar-refractivity contribution in [3.63, 3.8) is 0 Å². The van der Waals surface area contributed by atoms with Crippen molar-refractivity contribution < 1.29 is 17.6 Å². The molecule has 5 nitrogen and oxygen atoms in total. The predicted molar refractivity (Wildman–Crippen MR) is 61.4 cm³/mol. The Labute approximate surface area is 98.9 Å². The third-order valence-electron chi connectivity index (χ3n) is 2.11. The summed E-state index contributed by atoms with van der Waals surface area (Å²) in [5.74, 6) is -1.37. The zero-order valence-electron chi connectivity index (χ0n) is 9.23. The number of nitrogens with two attached hydrogens (primary N) is 1. The van der Waals surface area contributed by atoms with Crippen LogP contribution in [0.2, 0.25) is 0 Å². The lowest BCUT2D eigenvalue weighted by molar-refractivity contribution is 0.0955. The van der Waals surface area contributed by atoms with Crippen LogP contribution in [0.15, 0.2) is 18.2 Å². The van der Waals surface area contributed by atoms with Crippen molar-refractivity contribution in [1.29, 1.82) is 0 Å². The number of amides is 1. The van der Waals surface area contributed by atoms with Crippen LogP contribution < -0.4 is 10.5 Å². The fraction of sp³-hybridized carbons (Fsp3) is 0.300. The second-order valence-corrected chi connectivity index (χ2v) is 5.32. The Hall–Kier alpha value is -1.47. The van der Waals surface area contributed by atoms with Gasteiger partial charge >= 0.3 is 0 Å². The monoisotopic (exact) mass is 260 g/mol. The number of hydrogen-bond acceptors (Lipinski definition) is 3. The summed E-state index contributed by atoms with van der Waals surface area (Å²) < 4.78 is 34.4. The molecule has 0 spiro atoms. The van der Waals surface area contributed by atoms with E-state index in [9.17, 15) is 17.6 Å². The number of carbonyl (C=O) groups excluding carboxylic acids is 1. The molecular weight excluding hydrogens is 247 g/mol. The van der Waals surface area contributed by atoms with E-state index in [1.54, 1.807) is 6.92 Å². The van der Waals surface area contributed by atoms with Gasteiger partial charge in [0.1, 0.15) is 5.82 Å². The number of primary sulfonamides is 1. The van der Waals surface area contributed by atoms with Gasteiger partial charge in [0, 0.05) is 12.1 Å². The van der Waals surface area contributed by atoms with Crippen molar-refractivity contribution in [2.75, 3.05) is 12.3 Å². The number of halogens is 1. The van der Waals surface area contributed by atoms with E-state index < -0.39 is 21.7 Å². The fourth-order valence-electron chi connectivity index (χ4n) is 1.14. The lowest BCUT2D eigenvalue weighted by Gasteiger charge is -2.05. The number of aryl methyl sites for hydroxylation is 1. The molecule has 0 aliphatic heterocycles. The van der Waals surface area contributed by atoms with E-state index in [2.05, 4.69) is 5.32 Å². The van der Waals surface area contributed by atoms with E-state index in [-0.39, 0.29) is 17.9 Å². The van der Waals surface area contributed by atoms with Gasteiger partial charge in [-0.25, -0.2) is 17.9 Å².